The highest BCUT2D eigenvalue weighted by Crippen LogP contribution is 2.41. The van der Waals surface area contributed by atoms with Crippen molar-refractivity contribution in [3.05, 3.63) is 47.2 Å². The molecule has 33 heavy (non-hydrogen) atoms. The fraction of sp³-hybridized carbons (Fsp3) is 0.381. The Bertz CT molecular complexity index is 1400. The normalized spacial score (nSPS) is 16.5. The molecular weight excluding hydrogens is 437 g/mol. The molecule has 1 aliphatic rings. The quantitative estimate of drug-likeness (QED) is 0.461. The average Bonchev–Trinajstić information content (AvgIpc) is 3.42. The van der Waals surface area contributed by atoms with Gasteiger partial charge in [0, 0.05) is 39.4 Å². The first-order valence-electron chi connectivity index (χ1n) is 10.3. The van der Waals surface area contributed by atoms with Gasteiger partial charge in [-0.25, -0.2) is 4.98 Å². The van der Waals surface area contributed by atoms with E-state index in [4.69, 9.17) is 0 Å². The van der Waals surface area contributed by atoms with Gasteiger partial charge in [0.25, 0.3) is 5.91 Å². The molecule has 0 fully saturated rings. The number of carbonyl (C=O) groups excluding carboxylic acids is 1. The summed E-state index contributed by atoms with van der Waals surface area (Å²) in [6, 6.07) is 1.23. The van der Waals surface area contributed by atoms with Crippen LogP contribution in [0.5, 0.6) is 0 Å². The Morgan fingerprint density at radius 1 is 1.09 bits per heavy atom. The van der Waals surface area contributed by atoms with Gasteiger partial charge in [0.2, 0.25) is 0 Å². The zero-order valence-electron chi connectivity index (χ0n) is 18.4. The monoisotopic (exact) mass is 458 g/mol. The number of hydrogen-bond donors (Lipinski definition) is 0. The minimum atomic E-state index is -4.56. The Kier molecular flexibility index (Phi) is 4.59. The third-order valence-corrected chi connectivity index (χ3v) is 6.23. The highest BCUT2D eigenvalue weighted by molar-refractivity contribution is 6.05. The second-order valence-electron chi connectivity index (χ2n) is 8.15. The van der Waals surface area contributed by atoms with Crippen LogP contribution in [0.1, 0.15) is 40.3 Å². The molecule has 9 nitrogen and oxygen atoms in total. The van der Waals surface area contributed by atoms with Crippen LogP contribution in [0, 0.1) is 0 Å². The maximum Gasteiger partial charge on any atom is 0.433 e. The lowest BCUT2D eigenvalue weighted by Gasteiger charge is -2.33. The SMILES string of the molecule is C[C@H]1c2nn(C)c(-c3cnn(C)c3C(F)(F)F)c2CCN1C(=O)c1ccnc2c1cnn2C. The first kappa shape index (κ1) is 21.2. The molecule has 0 aromatic carbocycles. The number of aryl methyl sites for hydroxylation is 3. The highest BCUT2D eigenvalue weighted by Gasteiger charge is 2.41. The molecule has 0 radical (unpaired) electrons. The number of fused-ring (bicyclic) bond motifs is 2. The van der Waals surface area contributed by atoms with Gasteiger partial charge in [0.05, 0.1) is 46.3 Å². The summed E-state index contributed by atoms with van der Waals surface area (Å²) in [5.74, 6) is -0.196. The standard InChI is InChI=1S/C21H21F3N8O/c1-11-16-13(17(29(2)28-16)15-10-26-30(3)18(15)21(22,23)24)6-8-32(11)20(33)12-5-7-25-19-14(12)9-27-31(19)4/h5,7,9-11H,6,8H2,1-4H3/t11-/m0/s1. The van der Waals surface area contributed by atoms with Crippen LogP contribution in [0.25, 0.3) is 22.3 Å². The van der Waals surface area contributed by atoms with E-state index in [1.165, 1.54) is 17.9 Å². The molecular formula is C21H21F3N8O. The molecule has 0 N–H and O–H groups in total. The topological polar surface area (TPSA) is 86.7 Å². The summed E-state index contributed by atoms with van der Waals surface area (Å²) in [6.07, 6.45) is 0.212. The number of amides is 1. The average molecular weight is 458 g/mol. The summed E-state index contributed by atoms with van der Waals surface area (Å²) >= 11 is 0. The van der Waals surface area contributed by atoms with E-state index in [1.807, 2.05) is 6.92 Å². The van der Waals surface area contributed by atoms with E-state index < -0.39 is 17.9 Å². The summed E-state index contributed by atoms with van der Waals surface area (Å²) in [5, 5.41) is 13.2. The number of rotatable bonds is 2. The van der Waals surface area contributed by atoms with Crippen LogP contribution in [0.2, 0.25) is 0 Å². The van der Waals surface area contributed by atoms with Crippen LogP contribution < -0.4 is 0 Å². The van der Waals surface area contributed by atoms with Crippen molar-refractivity contribution in [2.24, 2.45) is 21.1 Å². The van der Waals surface area contributed by atoms with Gasteiger partial charge in [-0.15, -0.1) is 0 Å². The largest absolute Gasteiger partial charge is 0.433 e. The molecule has 5 rings (SSSR count). The molecule has 1 atom stereocenters. The van der Waals surface area contributed by atoms with Crippen molar-refractivity contribution in [2.45, 2.75) is 25.6 Å². The molecule has 5 heterocycles. The van der Waals surface area contributed by atoms with E-state index in [0.717, 1.165) is 4.68 Å². The van der Waals surface area contributed by atoms with E-state index in [0.29, 0.717) is 46.5 Å². The van der Waals surface area contributed by atoms with Crippen LogP contribution in [0.3, 0.4) is 0 Å². The Hall–Kier alpha value is -3.70. The third kappa shape index (κ3) is 3.11. The summed E-state index contributed by atoms with van der Waals surface area (Å²) in [7, 11) is 4.64. The summed E-state index contributed by atoms with van der Waals surface area (Å²) in [4.78, 5) is 19.4. The van der Waals surface area contributed by atoms with Crippen molar-refractivity contribution >= 4 is 16.9 Å². The zero-order chi connectivity index (χ0) is 23.7. The molecule has 4 aromatic rings. The van der Waals surface area contributed by atoms with Crippen molar-refractivity contribution in [1.29, 1.82) is 0 Å². The lowest BCUT2D eigenvalue weighted by Crippen LogP contribution is -2.39. The van der Waals surface area contributed by atoms with Crippen LogP contribution in [-0.2, 0) is 33.7 Å². The molecule has 12 heteroatoms. The van der Waals surface area contributed by atoms with Crippen molar-refractivity contribution < 1.29 is 18.0 Å². The highest BCUT2D eigenvalue weighted by atomic mass is 19.4. The molecule has 4 aromatic heterocycles. The van der Waals surface area contributed by atoms with Gasteiger partial charge in [0.15, 0.2) is 11.3 Å². The number of nitrogens with zero attached hydrogens (tertiary/aromatic N) is 8. The Labute approximate surface area is 186 Å². The summed E-state index contributed by atoms with van der Waals surface area (Å²) in [6.45, 7) is 2.18. The first-order valence-corrected chi connectivity index (χ1v) is 10.3. The number of halogens is 3. The second kappa shape index (κ2) is 7.15. The molecule has 0 saturated carbocycles. The van der Waals surface area contributed by atoms with Crippen molar-refractivity contribution in [2.75, 3.05) is 6.54 Å². The smallest absolute Gasteiger partial charge is 0.330 e. The van der Waals surface area contributed by atoms with Crippen molar-refractivity contribution in [3.63, 3.8) is 0 Å². The Morgan fingerprint density at radius 2 is 1.82 bits per heavy atom. The summed E-state index contributed by atoms with van der Waals surface area (Å²) in [5.41, 5.74) is 1.90. The lowest BCUT2D eigenvalue weighted by molar-refractivity contribution is -0.143. The number of alkyl halides is 3. The Morgan fingerprint density at radius 3 is 2.55 bits per heavy atom. The maximum atomic E-state index is 13.7. The van der Waals surface area contributed by atoms with Crippen LogP contribution in [0.15, 0.2) is 24.7 Å². The van der Waals surface area contributed by atoms with Gasteiger partial charge >= 0.3 is 6.18 Å². The zero-order valence-corrected chi connectivity index (χ0v) is 18.4. The molecule has 0 saturated heterocycles. The molecule has 0 spiro atoms. The van der Waals surface area contributed by atoms with Gasteiger partial charge in [-0.3, -0.25) is 18.8 Å². The summed E-state index contributed by atoms with van der Waals surface area (Å²) < 4.78 is 45.0. The Balaban J connectivity index is 1.55. The van der Waals surface area contributed by atoms with Crippen LogP contribution in [0.4, 0.5) is 13.2 Å². The van der Waals surface area contributed by atoms with Crippen molar-refractivity contribution in [1.82, 2.24) is 39.2 Å². The van der Waals surface area contributed by atoms with E-state index in [1.54, 1.807) is 42.1 Å². The van der Waals surface area contributed by atoms with E-state index in [-0.39, 0.29) is 11.5 Å². The first-order chi connectivity index (χ1) is 15.6. The maximum absolute atomic E-state index is 13.7. The third-order valence-electron chi connectivity index (χ3n) is 6.23. The number of hydrogen-bond acceptors (Lipinski definition) is 5. The minimum Gasteiger partial charge on any atom is -0.330 e. The van der Waals surface area contributed by atoms with E-state index in [9.17, 15) is 18.0 Å². The molecule has 0 aliphatic carbocycles. The fourth-order valence-electron chi connectivity index (χ4n) is 4.69. The van der Waals surface area contributed by atoms with E-state index in [2.05, 4.69) is 20.3 Å². The van der Waals surface area contributed by atoms with Gasteiger partial charge in [0.1, 0.15) is 0 Å². The number of aromatic nitrogens is 7. The lowest BCUT2D eigenvalue weighted by atomic mass is 9.95. The predicted octanol–water partition coefficient (Wildman–Crippen LogP) is 2.88. The molecule has 0 bridgehead atoms. The van der Waals surface area contributed by atoms with Gasteiger partial charge in [-0.1, -0.05) is 0 Å². The van der Waals surface area contributed by atoms with Gasteiger partial charge < -0.3 is 4.90 Å². The van der Waals surface area contributed by atoms with E-state index >= 15 is 0 Å². The second-order valence-corrected chi connectivity index (χ2v) is 8.15. The number of carbonyl (C=O) groups is 1. The molecule has 172 valence electrons. The fourth-order valence-corrected chi connectivity index (χ4v) is 4.69. The molecule has 1 aliphatic heterocycles. The van der Waals surface area contributed by atoms with Crippen LogP contribution in [-0.4, -0.2) is 51.7 Å². The van der Waals surface area contributed by atoms with Crippen LogP contribution >= 0.6 is 0 Å². The van der Waals surface area contributed by atoms with Gasteiger partial charge in [-0.05, 0) is 19.4 Å². The molecule has 1 amide bonds. The van der Waals surface area contributed by atoms with Gasteiger partial charge in [-0.2, -0.15) is 28.5 Å². The number of pyridine rings is 1. The minimum absolute atomic E-state index is 0.0144. The van der Waals surface area contributed by atoms with Crippen molar-refractivity contribution in [3.8, 4) is 11.3 Å². The molecule has 0 unspecified atom stereocenters. The predicted molar refractivity (Wildman–Crippen MR) is 112 cm³/mol.